The first kappa shape index (κ1) is 20.8. The number of amides is 1. The lowest BCUT2D eigenvalue weighted by Gasteiger charge is -2.08. The summed E-state index contributed by atoms with van der Waals surface area (Å²) in [6.45, 7) is 0.304. The molecule has 1 amide bonds. The zero-order valence-corrected chi connectivity index (χ0v) is 17.5. The van der Waals surface area contributed by atoms with Crippen LogP contribution in [0.4, 0.5) is 5.88 Å². The second-order valence-corrected chi connectivity index (χ2v) is 7.42. The van der Waals surface area contributed by atoms with Crippen molar-refractivity contribution in [1.82, 2.24) is 10.1 Å². The molecule has 0 aliphatic carbocycles. The van der Waals surface area contributed by atoms with Crippen LogP contribution < -0.4 is 11.1 Å². The maximum atomic E-state index is 12.6. The van der Waals surface area contributed by atoms with Crippen molar-refractivity contribution >= 4 is 23.4 Å². The molecule has 6 nitrogen and oxygen atoms in total. The van der Waals surface area contributed by atoms with E-state index in [9.17, 15) is 4.79 Å². The number of halogens is 1. The van der Waals surface area contributed by atoms with Crippen molar-refractivity contribution in [2.24, 2.45) is 5.73 Å². The van der Waals surface area contributed by atoms with E-state index in [1.54, 1.807) is 18.5 Å². The normalized spacial score (nSPS) is 10.8. The molecule has 0 saturated carbocycles. The quantitative estimate of drug-likeness (QED) is 0.424. The summed E-state index contributed by atoms with van der Waals surface area (Å²) in [6.07, 6.45) is 4.32. The summed E-state index contributed by atoms with van der Waals surface area (Å²) < 4.78 is 5.56. The Morgan fingerprint density at radius 2 is 1.81 bits per heavy atom. The Morgan fingerprint density at radius 3 is 2.55 bits per heavy atom. The number of carbonyl (C=O) groups is 1. The number of anilines is 1. The van der Waals surface area contributed by atoms with Crippen LogP contribution in [0.25, 0.3) is 22.4 Å². The molecule has 3 N–H and O–H groups in total. The number of carbonyl (C=O) groups excluding carboxylic acids is 1. The van der Waals surface area contributed by atoms with Crippen molar-refractivity contribution in [3.8, 4) is 22.4 Å². The topological polar surface area (TPSA) is 94.0 Å². The Balaban J connectivity index is 1.65. The van der Waals surface area contributed by atoms with Crippen LogP contribution in [0, 0.1) is 0 Å². The van der Waals surface area contributed by atoms with Crippen LogP contribution in [0.1, 0.15) is 17.5 Å². The number of hydrogen-bond acceptors (Lipinski definition) is 5. The number of aryl methyl sites for hydroxylation is 1. The molecule has 0 aliphatic rings. The third-order valence-electron chi connectivity index (χ3n) is 4.94. The molecule has 0 atom stereocenters. The van der Waals surface area contributed by atoms with Gasteiger partial charge in [0, 0.05) is 35.9 Å². The molecule has 2 heterocycles. The van der Waals surface area contributed by atoms with E-state index in [0.29, 0.717) is 41.6 Å². The van der Waals surface area contributed by atoms with E-state index < -0.39 is 0 Å². The number of nitrogens with two attached hydrogens (primary N) is 1. The van der Waals surface area contributed by atoms with Gasteiger partial charge in [-0.15, -0.1) is 0 Å². The first-order valence-electron chi connectivity index (χ1n) is 9.88. The average Bonchev–Trinajstić information content (AvgIpc) is 3.22. The van der Waals surface area contributed by atoms with Crippen LogP contribution in [0.5, 0.6) is 0 Å². The van der Waals surface area contributed by atoms with Gasteiger partial charge < -0.3 is 10.3 Å². The maximum Gasteiger partial charge on any atom is 0.239 e. The summed E-state index contributed by atoms with van der Waals surface area (Å²) >= 11 is 6.21. The predicted molar refractivity (Wildman–Crippen MR) is 121 cm³/mol. The van der Waals surface area contributed by atoms with Gasteiger partial charge in [-0.05, 0) is 47.4 Å². The Hall–Kier alpha value is -3.48. The van der Waals surface area contributed by atoms with Gasteiger partial charge in [-0.1, -0.05) is 53.2 Å². The molecule has 2 aromatic heterocycles. The molecule has 31 heavy (non-hydrogen) atoms. The van der Waals surface area contributed by atoms with E-state index in [2.05, 4.69) is 15.5 Å². The largest absolute Gasteiger partial charge is 0.337 e. The minimum Gasteiger partial charge on any atom is -0.337 e. The lowest BCUT2D eigenvalue weighted by molar-refractivity contribution is -0.116. The van der Waals surface area contributed by atoms with Crippen molar-refractivity contribution in [2.45, 2.75) is 19.4 Å². The molecule has 0 aliphatic heterocycles. The Morgan fingerprint density at radius 1 is 1.03 bits per heavy atom. The van der Waals surface area contributed by atoms with Crippen LogP contribution in [-0.2, 0) is 17.8 Å². The van der Waals surface area contributed by atoms with Crippen LogP contribution >= 0.6 is 11.6 Å². The SMILES string of the molecule is NCc1cc(-c2noc(NC(=O)CCc3ccccc3)c2-c2ccncc2)ccc1Cl. The maximum absolute atomic E-state index is 12.6. The standard InChI is InChI=1S/C24H21ClN4O2/c25-20-8-7-18(14-19(20)15-26)23-22(17-10-12-27-13-11-17)24(31-29-23)28-21(30)9-6-16-4-2-1-3-5-16/h1-5,7-8,10-14H,6,9,15,26H2,(H,28,30). The molecule has 0 saturated heterocycles. The summed E-state index contributed by atoms with van der Waals surface area (Å²) in [4.78, 5) is 16.7. The molecule has 2 aromatic carbocycles. The molecule has 4 rings (SSSR count). The fraction of sp³-hybridized carbons (Fsp3) is 0.125. The summed E-state index contributed by atoms with van der Waals surface area (Å²) in [6, 6.07) is 19.1. The highest BCUT2D eigenvalue weighted by atomic mass is 35.5. The van der Waals surface area contributed by atoms with E-state index in [-0.39, 0.29) is 5.91 Å². The van der Waals surface area contributed by atoms with E-state index in [1.165, 1.54) is 0 Å². The third kappa shape index (κ3) is 4.82. The number of rotatable bonds is 7. The number of benzene rings is 2. The van der Waals surface area contributed by atoms with E-state index in [4.69, 9.17) is 21.9 Å². The molecule has 0 fully saturated rings. The summed E-state index contributed by atoms with van der Waals surface area (Å²) in [7, 11) is 0. The Bertz CT molecular complexity index is 1180. The van der Waals surface area contributed by atoms with Gasteiger partial charge >= 0.3 is 0 Å². The van der Waals surface area contributed by atoms with Gasteiger partial charge in [0.05, 0.1) is 5.56 Å². The van der Waals surface area contributed by atoms with E-state index in [0.717, 1.165) is 22.3 Å². The summed E-state index contributed by atoms with van der Waals surface area (Å²) in [5.41, 5.74) is 10.6. The Labute approximate surface area is 185 Å². The van der Waals surface area contributed by atoms with Gasteiger partial charge in [-0.2, -0.15) is 0 Å². The van der Waals surface area contributed by atoms with E-state index >= 15 is 0 Å². The van der Waals surface area contributed by atoms with Crippen molar-refractivity contribution < 1.29 is 9.32 Å². The minimum absolute atomic E-state index is 0.152. The van der Waals surface area contributed by atoms with Crippen LogP contribution in [0.2, 0.25) is 5.02 Å². The molecule has 7 heteroatoms. The monoisotopic (exact) mass is 432 g/mol. The lowest BCUT2D eigenvalue weighted by atomic mass is 10.00. The molecular formula is C24H21ClN4O2. The fourth-order valence-corrected chi connectivity index (χ4v) is 3.52. The van der Waals surface area contributed by atoms with Gasteiger partial charge in [-0.25, -0.2) is 0 Å². The second-order valence-electron chi connectivity index (χ2n) is 7.02. The number of nitrogens with one attached hydrogen (secondary N) is 1. The average molecular weight is 433 g/mol. The molecule has 0 spiro atoms. The molecule has 156 valence electrons. The van der Waals surface area contributed by atoms with Gasteiger partial charge in [0.1, 0.15) is 5.69 Å². The summed E-state index contributed by atoms with van der Waals surface area (Å²) in [5.74, 6) is 0.143. The van der Waals surface area contributed by atoms with E-state index in [1.807, 2.05) is 54.6 Å². The van der Waals surface area contributed by atoms with Crippen LogP contribution in [0.15, 0.2) is 77.6 Å². The van der Waals surface area contributed by atoms with Crippen molar-refractivity contribution in [1.29, 1.82) is 0 Å². The molecule has 4 aromatic rings. The van der Waals surface area contributed by atoms with Gasteiger partial charge in [0.25, 0.3) is 0 Å². The number of hydrogen-bond donors (Lipinski definition) is 2. The smallest absolute Gasteiger partial charge is 0.239 e. The molecule has 0 bridgehead atoms. The van der Waals surface area contributed by atoms with Gasteiger partial charge in [0.15, 0.2) is 0 Å². The zero-order chi connectivity index (χ0) is 21.6. The zero-order valence-electron chi connectivity index (χ0n) is 16.7. The third-order valence-corrected chi connectivity index (χ3v) is 5.31. The van der Waals surface area contributed by atoms with Crippen LogP contribution in [-0.4, -0.2) is 16.0 Å². The number of nitrogens with zero attached hydrogens (tertiary/aromatic N) is 2. The minimum atomic E-state index is -0.152. The van der Waals surface area contributed by atoms with Gasteiger partial charge in [-0.3, -0.25) is 15.1 Å². The highest BCUT2D eigenvalue weighted by Gasteiger charge is 2.21. The van der Waals surface area contributed by atoms with Crippen molar-refractivity contribution in [2.75, 3.05) is 5.32 Å². The van der Waals surface area contributed by atoms with Crippen molar-refractivity contribution in [3.63, 3.8) is 0 Å². The molecule has 0 unspecified atom stereocenters. The molecule has 0 radical (unpaired) electrons. The first-order valence-corrected chi connectivity index (χ1v) is 10.3. The molecular weight excluding hydrogens is 412 g/mol. The highest BCUT2D eigenvalue weighted by molar-refractivity contribution is 6.31. The summed E-state index contributed by atoms with van der Waals surface area (Å²) in [5, 5.41) is 7.71. The lowest BCUT2D eigenvalue weighted by Crippen LogP contribution is -2.12. The van der Waals surface area contributed by atoms with Crippen LogP contribution in [0.3, 0.4) is 0 Å². The Kier molecular flexibility index (Phi) is 6.40. The highest BCUT2D eigenvalue weighted by Crippen LogP contribution is 2.38. The first-order chi connectivity index (χ1) is 15.2. The van der Waals surface area contributed by atoms with Crippen molar-refractivity contribution in [3.05, 3.63) is 89.2 Å². The van der Waals surface area contributed by atoms with Gasteiger partial charge in [0.2, 0.25) is 11.8 Å². The number of aromatic nitrogens is 2. The fourth-order valence-electron chi connectivity index (χ4n) is 3.33. The predicted octanol–water partition coefficient (Wildman–Crippen LogP) is 5.09. The second kappa shape index (κ2) is 9.55. The number of pyridine rings is 1.